The van der Waals surface area contributed by atoms with Crippen LogP contribution in [-0.2, 0) is 6.54 Å². The Kier molecular flexibility index (Phi) is 6.95. The summed E-state index contributed by atoms with van der Waals surface area (Å²) in [4.78, 5) is 4.69. The molecule has 0 aliphatic carbocycles. The Morgan fingerprint density at radius 1 is 1.21 bits per heavy atom. The Morgan fingerprint density at radius 2 is 2.00 bits per heavy atom. The van der Waals surface area contributed by atoms with Crippen LogP contribution in [0.15, 0.2) is 40.9 Å². The van der Waals surface area contributed by atoms with E-state index in [1.165, 1.54) is 0 Å². The second-order valence-corrected chi connectivity index (χ2v) is 7.30. The molecule has 1 aromatic heterocycles. The van der Waals surface area contributed by atoms with Crippen molar-refractivity contribution in [2.24, 2.45) is 0 Å². The number of hydrogen-bond donors (Lipinski definition) is 0. The molecule has 5 nitrogen and oxygen atoms in total. The van der Waals surface area contributed by atoms with Crippen LogP contribution in [0.3, 0.4) is 0 Å². The summed E-state index contributed by atoms with van der Waals surface area (Å²) in [6.07, 6.45) is 2.75. The number of halogens is 1. The molecule has 0 saturated heterocycles. The van der Waals surface area contributed by atoms with E-state index >= 15 is 0 Å². The van der Waals surface area contributed by atoms with Gasteiger partial charge >= 0.3 is 0 Å². The van der Waals surface area contributed by atoms with E-state index in [-0.39, 0.29) is 0 Å². The molecule has 29 heavy (non-hydrogen) atoms. The maximum Gasteiger partial charge on any atom is 0.175 e. The summed E-state index contributed by atoms with van der Waals surface area (Å²) in [6.45, 7) is 7.91. The number of para-hydroxylation sites is 2. The molecular weight excluding hydrogens is 430 g/mol. The lowest BCUT2D eigenvalue weighted by Crippen LogP contribution is -2.02. The first-order valence-electron chi connectivity index (χ1n) is 9.79. The Bertz CT molecular complexity index is 1080. The highest BCUT2D eigenvalue weighted by molar-refractivity contribution is 9.10. The molecule has 3 rings (SSSR count). The molecule has 0 bridgehead atoms. The van der Waals surface area contributed by atoms with Crippen LogP contribution in [0.4, 0.5) is 0 Å². The highest BCUT2D eigenvalue weighted by Crippen LogP contribution is 2.38. The van der Waals surface area contributed by atoms with Crippen LogP contribution < -0.4 is 9.47 Å². The molecule has 0 radical (unpaired) electrons. The number of nitriles is 1. The zero-order chi connectivity index (χ0) is 20.8. The summed E-state index contributed by atoms with van der Waals surface area (Å²) in [6, 6.07) is 14.1. The minimum atomic E-state index is 0.500. The lowest BCUT2D eigenvalue weighted by atomic mass is 10.1. The second-order valence-electron chi connectivity index (χ2n) is 6.45. The van der Waals surface area contributed by atoms with Crippen molar-refractivity contribution in [3.63, 3.8) is 0 Å². The summed E-state index contributed by atoms with van der Waals surface area (Å²) in [7, 11) is 0. The molecule has 150 valence electrons. The smallest absolute Gasteiger partial charge is 0.175 e. The molecule has 0 spiro atoms. The molecule has 0 fully saturated rings. The molecule has 0 saturated carbocycles. The molecule has 0 aliphatic heterocycles. The SMILES string of the molecule is CCCOc1c(Br)cc(/C=C(/C#N)c2nc3ccccc3n2CC)cc1OCC. The van der Waals surface area contributed by atoms with Crippen molar-refractivity contribution in [2.75, 3.05) is 13.2 Å². The third-order valence-corrected chi connectivity index (χ3v) is 5.01. The van der Waals surface area contributed by atoms with Gasteiger partial charge in [-0.1, -0.05) is 19.1 Å². The van der Waals surface area contributed by atoms with Gasteiger partial charge in [-0.2, -0.15) is 5.26 Å². The zero-order valence-corrected chi connectivity index (χ0v) is 18.5. The highest BCUT2D eigenvalue weighted by Gasteiger charge is 2.16. The third kappa shape index (κ3) is 4.46. The van der Waals surface area contributed by atoms with Gasteiger partial charge in [0.25, 0.3) is 0 Å². The topological polar surface area (TPSA) is 60.1 Å². The van der Waals surface area contributed by atoms with Crippen LogP contribution in [0, 0.1) is 11.3 Å². The molecule has 0 aliphatic rings. The number of fused-ring (bicyclic) bond motifs is 1. The van der Waals surface area contributed by atoms with Gasteiger partial charge in [-0.25, -0.2) is 4.98 Å². The van der Waals surface area contributed by atoms with E-state index < -0.39 is 0 Å². The summed E-state index contributed by atoms with van der Waals surface area (Å²) in [5.41, 5.74) is 3.24. The second kappa shape index (κ2) is 9.62. The number of rotatable bonds is 8. The van der Waals surface area contributed by atoms with Crippen molar-refractivity contribution in [1.82, 2.24) is 9.55 Å². The number of ether oxygens (including phenoxy) is 2. The van der Waals surface area contributed by atoms with E-state index in [2.05, 4.69) is 40.4 Å². The van der Waals surface area contributed by atoms with Crippen molar-refractivity contribution in [2.45, 2.75) is 33.7 Å². The first-order chi connectivity index (χ1) is 14.1. The molecule has 0 atom stereocenters. The van der Waals surface area contributed by atoms with Crippen molar-refractivity contribution in [3.8, 4) is 17.6 Å². The summed E-state index contributed by atoms with van der Waals surface area (Å²) < 4.78 is 14.5. The number of allylic oxidation sites excluding steroid dienone is 1. The van der Waals surface area contributed by atoms with Crippen molar-refractivity contribution in [1.29, 1.82) is 5.26 Å². The van der Waals surface area contributed by atoms with E-state index in [0.717, 1.165) is 34.0 Å². The monoisotopic (exact) mass is 453 g/mol. The van der Waals surface area contributed by atoms with Gasteiger partial charge < -0.3 is 14.0 Å². The minimum absolute atomic E-state index is 0.500. The Morgan fingerprint density at radius 3 is 2.69 bits per heavy atom. The normalized spacial score (nSPS) is 11.5. The first kappa shape index (κ1) is 20.9. The van der Waals surface area contributed by atoms with Crippen LogP contribution in [0.5, 0.6) is 11.5 Å². The van der Waals surface area contributed by atoms with Gasteiger partial charge in [0, 0.05) is 6.54 Å². The highest BCUT2D eigenvalue weighted by atomic mass is 79.9. The van der Waals surface area contributed by atoms with E-state index in [9.17, 15) is 5.26 Å². The Balaban J connectivity index is 2.09. The van der Waals surface area contributed by atoms with Gasteiger partial charge in [0.15, 0.2) is 17.3 Å². The van der Waals surface area contributed by atoms with E-state index in [4.69, 9.17) is 14.5 Å². The molecular formula is C23H24BrN3O2. The third-order valence-electron chi connectivity index (χ3n) is 4.43. The predicted molar refractivity (Wildman–Crippen MR) is 120 cm³/mol. The van der Waals surface area contributed by atoms with E-state index in [0.29, 0.717) is 36.1 Å². The van der Waals surface area contributed by atoms with Crippen LogP contribution >= 0.6 is 15.9 Å². The molecule has 3 aromatic rings. The van der Waals surface area contributed by atoms with Crippen molar-refractivity contribution < 1.29 is 9.47 Å². The molecule has 2 aromatic carbocycles. The fraction of sp³-hybridized carbons (Fsp3) is 0.304. The van der Waals surface area contributed by atoms with Gasteiger partial charge in [0.1, 0.15) is 6.07 Å². The van der Waals surface area contributed by atoms with Crippen LogP contribution in [0.2, 0.25) is 0 Å². The maximum absolute atomic E-state index is 9.86. The molecule has 0 amide bonds. The van der Waals surface area contributed by atoms with Crippen molar-refractivity contribution >= 4 is 38.6 Å². The van der Waals surface area contributed by atoms with Crippen LogP contribution in [0.1, 0.15) is 38.6 Å². The first-order valence-corrected chi connectivity index (χ1v) is 10.6. The molecule has 1 heterocycles. The Labute approximate surface area is 179 Å². The standard InChI is InChI=1S/C23H24BrN3O2/c1-4-11-29-22-18(24)13-16(14-21(22)28-6-3)12-17(15-25)23-26-19-9-7-8-10-20(19)27(23)5-2/h7-10,12-14H,4-6,11H2,1-3H3/b17-12-. The maximum atomic E-state index is 9.86. The number of imidazole rings is 1. The quantitative estimate of drug-likeness (QED) is 0.388. The fourth-order valence-electron chi connectivity index (χ4n) is 3.19. The number of benzene rings is 2. The van der Waals surface area contributed by atoms with Gasteiger partial charge in [-0.3, -0.25) is 0 Å². The summed E-state index contributed by atoms with van der Waals surface area (Å²) in [5.74, 6) is 2.00. The average Bonchev–Trinajstić information content (AvgIpc) is 3.10. The van der Waals surface area contributed by atoms with Gasteiger partial charge in [0.2, 0.25) is 0 Å². The number of hydrogen-bond acceptors (Lipinski definition) is 4. The number of aromatic nitrogens is 2. The summed E-state index contributed by atoms with van der Waals surface area (Å²) in [5, 5.41) is 9.86. The van der Waals surface area contributed by atoms with Crippen LogP contribution in [-0.4, -0.2) is 22.8 Å². The van der Waals surface area contributed by atoms with Gasteiger partial charge in [-0.05, 0) is 72.1 Å². The lowest BCUT2D eigenvalue weighted by molar-refractivity contribution is 0.275. The fourth-order valence-corrected chi connectivity index (χ4v) is 3.77. The average molecular weight is 454 g/mol. The zero-order valence-electron chi connectivity index (χ0n) is 16.9. The van der Waals surface area contributed by atoms with Crippen molar-refractivity contribution in [3.05, 3.63) is 52.3 Å². The summed E-state index contributed by atoms with van der Waals surface area (Å²) >= 11 is 3.58. The van der Waals surface area contributed by atoms with E-state index in [1.807, 2.05) is 49.4 Å². The van der Waals surface area contributed by atoms with Crippen LogP contribution in [0.25, 0.3) is 22.7 Å². The molecule has 6 heteroatoms. The van der Waals surface area contributed by atoms with Gasteiger partial charge in [0.05, 0.1) is 34.3 Å². The predicted octanol–water partition coefficient (Wildman–Crippen LogP) is 6.07. The number of aryl methyl sites for hydroxylation is 1. The minimum Gasteiger partial charge on any atom is -0.490 e. The molecule has 0 unspecified atom stereocenters. The largest absolute Gasteiger partial charge is 0.490 e. The Hall–Kier alpha value is -2.78. The van der Waals surface area contributed by atoms with Gasteiger partial charge in [-0.15, -0.1) is 0 Å². The molecule has 0 N–H and O–H groups in total. The number of nitrogens with zero attached hydrogens (tertiary/aromatic N) is 3. The van der Waals surface area contributed by atoms with E-state index in [1.54, 1.807) is 0 Å². The lowest BCUT2D eigenvalue weighted by Gasteiger charge is -2.14.